The normalized spacial score (nSPS) is 12.8. The molecule has 3 aromatic rings. The highest BCUT2D eigenvalue weighted by Gasteiger charge is 2.39. The minimum atomic E-state index is -1.28. The predicted octanol–water partition coefficient (Wildman–Crippen LogP) is 5.59. The highest BCUT2D eigenvalue weighted by molar-refractivity contribution is 7.10. The fourth-order valence-corrected chi connectivity index (χ4v) is 4.81. The molecule has 0 saturated heterocycles. The number of amides is 1. The Morgan fingerprint density at radius 1 is 1.12 bits per heavy atom. The maximum absolute atomic E-state index is 12.8. The Bertz CT molecular complexity index is 1000. The monoisotopic (exact) mass is 487 g/mol. The third kappa shape index (κ3) is 6.70. The number of thiophene rings is 2. The quantitative estimate of drug-likeness (QED) is 0.155. The summed E-state index contributed by atoms with van der Waals surface area (Å²) in [5, 5.41) is 17.6. The fraction of sp³-hybridized carbons (Fsp3) is 0.304. The minimum Gasteiger partial charge on any atom is -0.410 e. The highest BCUT2D eigenvalue weighted by Crippen LogP contribution is 2.27. The van der Waals surface area contributed by atoms with Crippen molar-refractivity contribution in [2.75, 3.05) is 0 Å². The second-order valence-electron chi connectivity index (χ2n) is 7.43. The smallest absolute Gasteiger partial charge is 0.410 e. The lowest BCUT2D eigenvalue weighted by atomic mass is 10.0. The van der Waals surface area contributed by atoms with Crippen LogP contribution in [0.25, 0.3) is 0 Å². The first-order chi connectivity index (χ1) is 16.0. The van der Waals surface area contributed by atoms with Gasteiger partial charge in [-0.15, -0.1) is 22.7 Å². The van der Waals surface area contributed by atoms with Gasteiger partial charge in [-0.05, 0) is 47.9 Å². The molecular weight excluding hydrogens is 462 g/mol. The highest BCUT2D eigenvalue weighted by atomic mass is 32.1. The van der Waals surface area contributed by atoms with Crippen molar-refractivity contribution in [2.24, 2.45) is 0 Å². The molecule has 2 aromatic heterocycles. The fourth-order valence-electron chi connectivity index (χ4n) is 3.37. The maximum Gasteiger partial charge on any atom is 0.414 e. The molecule has 174 valence electrons. The number of nitrogens with one attached hydrogen (secondary N) is 1. The van der Waals surface area contributed by atoms with Crippen LogP contribution < -0.4 is 10.1 Å². The summed E-state index contributed by atoms with van der Waals surface area (Å²) in [5.41, 5.74) is -1.38. The molecule has 2 heterocycles. The van der Waals surface area contributed by atoms with E-state index in [-0.39, 0.29) is 11.4 Å². The number of hydrogen-bond acceptors (Lipinski definition) is 8. The van der Waals surface area contributed by atoms with E-state index in [1.807, 2.05) is 46.8 Å². The van der Waals surface area contributed by atoms with Gasteiger partial charge >= 0.3 is 6.09 Å². The summed E-state index contributed by atoms with van der Waals surface area (Å²) in [6.45, 7) is 2.99. The number of rotatable bonds is 12. The Balaban J connectivity index is 1.85. The van der Waals surface area contributed by atoms with Crippen molar-refractivity contribution >= 4 is 40.7 Å². The van der Waals surface area contributed by atoms with E-state index >= 15 is 0 Å². The first-order valence-electron chi connectivity index (χ1n) is 10.5. The molecule has 1 amide bonds. The zero-order chi connectivity index (χ0) is 23.7. The molecule has 1 aromatic carbocycles. The summed E-state index contributed by atoms with van der Waals surface area (Å²) in [4.78, 5) is 39.8. The van der Waals surface area contributed by atoms with Gasteiger partial charge in [0.15, 0.2) is 11.9 Å². The Morgan fingerprint density at radius 3 is 2.18 bits per heavy atom. The molecule has 3 rings (SSSR count). The number of nitro benzene ring substituents is 1. The summed E-state index contributed by atoms with van der Waals surface area (Å²) >= 11 is 3.17. The van der Waals surface area contributed by atoms with Crippen LogP contribution in [-0.2, 0) is 17.9 Å². The van der Waals surface area contributed by atoms with E-state index < -0.39 is 16.7 Å². The third-order valence-corrected chi connectivity index (χ3v) is 6.82. The molecule has 33 heavy (non-hydrogen) atoms. The number of nitrogens with zero attached hydrogens (tertiary/aromatic N) is 2. The third-order valence-electron chi connectivity index (χ3n) is 5.10. The van der Waals surface area contributed by atoms with Crippen molar-refractivity contribution in [3.63, 3.8) is 0 Å². The van der Waals surface area contributed by atoms with Crippen LogP contribution in [-0.4, -0.2) is 27.9 Å². The van der Waals surface area contributed by atoms with Gasteiger partial charge in [-0.3, -0.25) is 25.1 Å². The first-order valence-corrected chi connectivity index (χ1v) is 12.2. The number of ether oxygens (including phenoxy) is 1. The molecule has 0 saturated carbocycles. The van der Waals surface area contributed by atoms with Gasteiger partial charge in [0.2, 0.25) is 0 Å². The molecular formula is C23H25N3O5S2. The Labute approximate surface area is 200 Å². The van der Waals surface area contributed by atoms with Crippen molar-refractivity contribution in [1.82, 2.24) is 10.2 Å². The number of carbonyl (C=O) groups excluding carboxylic acids is 2. The van der Waals surface area contributed by atoms with Crippen LogP contribution >= 0.6 is 22.7 Å². The van der Waals surface area contributed by atoms with E-state index in [4.69, 9.17) is 4.74 Å². The molecule has 0 unspecified atom stereocenters. The van der Waals surface area contributed by atoms with Gasteiger partial charge in [0.1, 0.15) is 5.75 Å². The van der Waals surface area contributed by atoms with Crippen molar-refractivity contribution in [2.45, 2.75) is 44.9 Å². The van der Waals surface area contributed by atoms with E-state index in [2.05, 4.69) is 5.32 Å². The molecule has 0 aliphatic rings. The zero-order valence-electron chi connectivity index (χ0n) is 18.1. The second kappa shape index (κ2) is 11.7. The number of non-ortho nitro benzene ring substituents is 1. The number of nitro groups is 1. The SMILES string of the molecule is CCCC[C@](C=O)(NC(=O)Oc1ccc([N+](=O)[O-])cc1)N(Cc1cccs1)Cc1cccs1. The van der Waals surface area contributed by atoms with E-state index in [1.165, 1.54) is 24.3 Å². The number of unbranched alkanes of at least 4 members (excludes halogenated alkanes) is 1. The lowest BCUT2D eigenvalue weighted by Crippen LogP contribution is -2.61. The molecule has 10 heteroatoms. The van der Waals surface area contributed by atoms with Crippen molar-refractivity contribution in [1.29, 1.82) is 0 Å². The first kappa shape index (κ1) is 24.6. The maximum atomic E-state index is 12.8. The molecule has 0 fully saturated rings. The Morgan fingerprint density at radius 2 is 1.73 bits per heavy atom. The molecule has 0 radical (unpaired) electrons. The van der Waals surface area contributed by atoms with Crippen LogP contribution in [0, 0.1) is 10.1 Å². The van der Waals surface area contributed by atoms with Gasteiger partial charge in [-0.1, -0.05) is 25.5 Å². The summed E-state index contributed by atoms with van der Waals surface area (Å²) in [6.07, 6.45) is 1.97. The van der Waals surface area contributed by atoms with Gasteiger partial charge in [-0.2, -0.15) is 0 Å². The lowest BCUT2D eigenvalue weighted by Gasteiger charge is -2.40. The summed E-state index contributed by atoms with van der Waals surface area (Å²) in [5.74, 6) is 0.149. The van der Waals surface area contributed by atoms with Crippen LogP contribution in [0.1, 0.15) is 35.9 Å². The number of benzene rings is 1. The van der Waals surface area contributed by atoms with Gasteiger partial charge in [-0.25, -0.2) is 4.79 Å². The van der Waals surface area contributed by atoms with Crippen LogP contribution in [0.2, 0.25) is 0 Å². The van der Waals surface area contributed by atoms with Crippen LogP contribution in [0.5, 0.6) is 5.75 Å². The second-order valence-corrected chi connectivity index (χ2v) is 9.49. The number of aldehydes is 1. The average Bonchev–Trinajstić information content (AvgIpc) is 3.51. The van der Waals surface area contributed by atoms with E-state index in [9.17, 15) is 19.7 Å². The van der Waals surface area contributed by atoms with Gasteiger partial charge < -0.3 is 4.74 Å². The van der Waals surface area contributed by atoms with Crippen LogP contribution in [0.3, 0.4) is 0 Å². The Kier molecular flexibility index (Phi) is 8.70. The topological polar surface area (TPSA) is 102 Å². The Hall–Kier alpha value is -3.08. The minimum absolute atomic E-state index is 0.106. The summed E-state index contributed by atoms with van der Waals surface area (Å²) in [7, 11) is 0. The van der Waals surface area contributed by atoms with Crippen LogP contribution in [0.4, 0.5) is 10.5 Å². The molecule has 0 aliphatic heterocycles. The van der Waals surface area contributed by atoms with E-state index in [1.54, 1.807) is 22.7 Å². The zero-order valence-corrected chi connectivity index (χ0v) is 19.8. The summed E-state index contributed by atoms with van der Waals surface area (Å²) < 4.78 is 5.35. The van der Waals surface area contributed by atoms with Crippen LogP contribution in [0.15, 0.2) is 59.3 Å². The molecule has 8 nitrogen and oxygen atoms in total. The van der Waals surface area contributed by atoms with E-state index in [0.717, 1.165) is 28.9 Å². The van der Waals surface area contributed by atoms with Crippen molar-refractivity contribution in [3.8, 4) is 5.75 Å². The number of hydrogen-bond donors (Lipinski definition) is 1. The molecule has 1 N–H and O–H groups in total. The van der Waals surface area contributed by atoms with Gasteiger partial charge in [0, 0.05) is 35.0 Å². The number of carbonyl (C=O) groups is 2. The van der Waals surface area contributed by atoms with Gasteiger partial charge in [0.25, 0.3) is 5.69 Å². The van der Waals surface area contributed by atoms with Gasteiger partial charge in [0.05, 0.1) is 4.92 Å². The largest absolute Gasteiger partial charge is 0.414 e. The predicted molar refractivity (Wildman–Crippen MR) is 128 cm³/mol. The molecule has 0 spiro atoms. The standard InChI is InChI=1S/C23H25N3O5S2/c1-2-3-12-23(17-27,24-22(28)31-19-10-8-18(9-11-19)26(29)30)25(15-20-6-4-13-32-20)16-21-7-5-14-33-21/h4-11,13-14,17H,2-3,12,15-16H2,1H3,(H,24,28)/t23-/m0/s1. The summed E-state index contributed by atoms with van der Waals surface area (Å²) in [6, 6.07) is 13.1. The van der Waals surface area contributed by atoms with E-state index in [0.29, 0.717) is 19.5 Å². The molecule has 0 bridgehead atoms. The van der Waals surface area contributed by atoms with Crippen molar-refractivity contribution < 1.29 is 19.2 Å². The van der Waals surface area contributed by atoms with Crippen molar-refractivity contribution in [3.05, 3.63) is 79.2 Å². The molecule has 0 aliphatic carbocycles. The lowest BCUT2D eigenvalue weighted by molar-refractivity contribution is -0.384. The molecule has 1 atom stereocenters. The average molecular weight is 488 g/mol.